The molecule has 2 amide bonds. The number of likely N-dealkylation sites (tertiary alicyclic amines) is 1. The van der Waals surface area contributed by atoms with E-state index in [0.29, 0.717) is 18.7 Å². The predicted octanol–water partition coefficient (Wildman–Crippen LogP) is 3.01. The molecule has 13 heteroatoms. The molecule has 0 saturated carbocycles. The van der Waals surface area contributed by atoms with Crippen LogP contribution in [0.2, 0.25) is 0 Å². The second-order valence-electron chi connectivity index (χ2n) is 9.89. The molecule has 3 saturated heterocycles. The standard InChI is InChI=1S/C25H24N2O6.C2HF3O2/c1-26-22(28)19-20(23(26)29)25(24(30)31-2)10-3-11-27(25)21(19)15-6-4-14(5-7-15)16-8-9-17-18(12-16)33-13-32-17;3-2(4,5)1(6)7/h4-9,12,19-21H,3,10-11,13H2,1-2H3;(H,6,7)/t19-,20-,21+,25-;/m0./s1. The van der Waals surface area contributed by atoms with E-state index in [4.69, 9.17) is 24.1 Å². The van der Waals surface area contributed by atoms with Crippen molar-refractivity contribution in [3.63, 3.8) is 0 Å². The molecule has 0 radical (unpaired) electrons. The largest absolute Gasteiger partial charge is 0.490 e. The van der Waals surface area contributed by atoms with E-state index in [1.54, 1.807) is 0 Å². The van der Waals surface area contributed by atoms with Crippen LogP contribution < -0.4 is 9.47 Å². The third kappa shape index (κ3) is 4.15. The Morgan fingerprint density at radius 3 is 2.27 bits per heavy atom. The minimum atomic E-state index is -5.08. The van der Waals surface area contributed by atoms with E-state index in [9.17, 15) is 27.6 Å². The molecule has 4 aliphatic heterocycles. The normalized spacial score (nSPS) is 26.7. The monoisotopic (exact) mass is 562 g/mol. The number of carbonyl (C=O) groups excluding carboxylic acids is 3. The van der Waals surface area contributed by atoms with E-state index in [-0.39, 0.29) is 24.6 Å². The van der Waals surface area contributed by atoms with E-state index < -0.39 is 35.5 Å². The lowest BCUT2D eigenvalue weighted by atomic mass is 9.77. The molecule has 2 aromatic carbocycles. The van der Waals surface area contributed by atoms with Crippen molar-refractivity contribution in [3.8, 4) is 22.6 Å². The van der Waals surface area contributed by atoms with Crippen molar-refractivity contribution in [2.24, 2.45) is 11.8 Å². The van der Waals surface area contributed by atoms with Crippen molar-refractivity contribution in [1.29, 1.82) is 0 Å². The average molecular weight is 562 g/mol. The zero-order valence-corrected chi connectivity index (χ0v) is 21.4. The van der Waals surface area contributed by atoms with Gasteiger partial charge in [0.2, 0.25) is 18.6 Å². The van der Waals surface area contributed by atoms with Gasteiger partial charge in [-0.2, -0.15) is 13.2 Å². The number of esters is 1. The Morgan fingerprint density at radius 2 is 1.65 bits per heavy atom. The van der Waals surface area contributed by atoms with Crippen molar-refractivity contribution in [2.75, 3.05) is 27.5 Å². The van der Waals surface area contributed by atoms with Crippen molar-refractivity contribution in [2.45, 2.75) is 30.6 Å². The van der Waals surface area contributed by atoms with Gasteiger partial charge in [0.15, 0.2) is 11.5 Å². The zero-order valence-electron chi connectivity index (χ0n) is 21.4. The number of rotatable bonds is 3. The van der Waals surface area contributed by atoms with E-state index in [1.807, 2.05) is 47.4 Å². The van der Waals surface area contributed by atoms with Gasteiger partial charge in [-0.3, -0.25) is 24.2 Å². The van der Waals surface area contributed by atoms with E-state index in [1.165, 1.54) is 19.1 Å². The number of aliphatic carboxylic acids is 1. The first kappa shape index (κ1) is 27.4. The first-order valence-corrected chi connectivity index (χ1v) is 12.4. The third-order valence-electron chi connectivity index (χ3n) is 7.97. The number of nitrogens with zero attached hydrogens (tertiary/aromatic N) is 2. The summed E-state index contributed by atoms with van der Waals surface area (Å²) >= 11 is 0. The summed E-state index contributed by atoms with van der Waals surface area (Å²) in [5.74, 6) is -3.57. The first-order valence-electron chi connectivity index (χ1n) is 12.4. The highest BCUT2D eigenvalue weighted by molar-refractivity contribution is 6.09. The molecule has 2 aromatic rings. The van der Waals surface area contributed by atoms with Crippen LogP contribution in [0.15, 0.2) is 42.5 Å². The fraction of sp³-hybridized carbons (Fsp3) is 0.407. The lowest BCUT2D eigenvalue weighted by Crippen LogP contribution is -2.54. The molecule has 0 bridgehead atoms. The number of hydrogen-bond acceptors (Lipinski definition) is 8. The summed E-state index contributed by atoms with van der Waals surface area (Å²) in [6.45, 7) is 0.863. The number of halogens is 3. The molecule has 10 nitrogen and oxygen atoms in total. The Hall–Kier alpha value is -4.13. The topological polar surface area (TPSA) is 123 Å². The van der Waals surface area contributed by atoms with Crippen LogP contribution in [0.4, 0.5) is 13.2 Å². The molecule has 6 rings (SSSR count). The fourth-order valence-corrected chi connectivity index (χ4v) is 6.29. The third-order valence-corrected chi connectivity index (χ3v) is 7.97. The van der Waals surface area contributed by atoms with Gasteiger partial charge in [-0.15, -0.1) is 0 Å². The van der Waals surface area contributed by atoms with Crippen LogP contribution in [0.1, 0.15) is 24.4 Å². The maximum atomic E-state index is 13.2. The number of imide groups is 1. The minimum Gasteiger partial charge on any atom is -0.475 e. The van der Waals surface area contributed by atoms with Gasteiger partial charge in [-0.25, -0.2) is 4.79 Å². The highest BCUT2D eigenvalue weighted by atomic mass is 19.4. The van der Waals surface area contributed by atoms with Crippen LogP contribution in [-0.2, 0) is 23.9 Å². The van der Waals surface area contributed by atoms with Crippen molar-refractivity contribution < 1.29 is 51.7 Å². The zero-order chi connectivity index (χ0) is 29.0. The number of carboxylic acid groups (broad SMARTS) is 1. The Bertz CT molecular complexity index is 1380. The van der Waals surface area contributed by atoms with Crippen LogP contribution in [0.5, 0.6) is 11.5 Å². The fourth-order valence-electron chi connectivity index (χ4n) is 6.29. The van der Waals surface area contributed by atoms with Crippen LogP contribution in [0.3, 0.4) is 0 Å². The molecule has 3 fully saturated rings. The van der Waals surface area contributed by atoms with Crippen molar-refractivity contribution in [3.05, 3.63) is 48.0 Å². The molecule has 4 atom stereocenters. The Labute approximate surface area is 226 Å². The number of fused-ring (bicyclic) bond motifs is 4. The summed E-state index contributed by atoms with van der Waals surface area (Å²) < 4.78 is 47.8. The highest BCUT2D eigenvalue weighted by Gasteiger charge is 2.73. The number of methoxy groups -OCH3 is 1. The summed E-state index contributed by atoms with van der Waals surface area (Å²) in [5, 5.41) is 7.12. The number of ether oxygens (including phenoxy) is 3. The van der Waals surface area contributed by atoms with Gasteiger partial charge in [0, 0.05) is 13.1 Å². The SMILES string of the molecule is COC(=O)[C@@]12CCCN1[C@H](c1ccc(-c3ccc4c(c3)OCO4)cc1)[C@H]1C(=O)N(C)C(=O)[C@H]12.O=C(O)C(F)(F)F. The number of carboxylic acids is 1. The van der Waals surface area contributed by atoms with Gasteiger partial charge in [0.25, 0.3) is 0 Å². The Kier molecular flexibility index (Phi) is 6.73. The maximum Gasteiger partial charge on any atom is 0.490 e. The lowest BCUT2D eigenvalue weighted by Gasteiger charge is -2.35. The number of amides is 2. The minimum absolute atomic E-state index is 0.223. The summed E-state index contributed by atoms with van der Waals surface area (Å²) in [5.41, 5.74) is 1.82. The molecule has 0 unspecified atom stereocenters. The van der Waals surface area contributed by atoms with Gasteiger partial charge < -0.3 is 19.3 Å². The van der Waals surface area contributed by atoms with Gasteiger partial charge in [-0.1, -0.05) is 30.3 Å². The van der Waals surface area contributed by atoms with Crippen LogP contribution in [0, 0.1) is 11.8 Å². The highest BCUT2D eigenvalue weighted by Crippen LogP contribution is 2.59. The van der Waals surface area contributed by atoms with Gasteiger partial charge in [0.1, 0.15) is 5.54 Å². The number of benzene rings is 2. The van der Waals surface area contributed by atoms with Gasteiger partial charge in [-0.05, 0) is 48.2 Å². The molecule has 212 valence electrons. The maximum absolute atomic E-state index is 13.2. The predicted molar refractivity (Wildman–Crippen MR) is 130 cm³/mol. The van der Waals surface area contributed by atoms with E-state index in [0.717, 1.165) is 28.9 Å². The molecular weight excluding hydrogens is 537 g/mol. The van der Waals surface area contributed by atoms with Crippen LogP contribution in [0.25, 0.3) is 11.1 Å². The number of alkyl halides is 3. The van der Waals surface area contributed by atoms with E-state index >= 15 is 0 Å². The molecule has 0 spiro atoms. The molecular formula is C27H25F3N2O8. The smallest absolute Gasteiger partial charge is 0.475 e. The number of carbonyl (C=O) groups is 4. The summed E-state index contributed by atoms with van der Waals surface area (Å²) in [6, 6.07) is 13.4. The van der Waals surface area contributed by atoms with Gasteiger partial charge >= 0.3 is 18.1 Å². The number of hydrogen-bond donors (Lipinski definition) is 1. The summed E-state index contributed by atoms with van der Waals surface area (Å²) in [7, 11) is 2.86. The van der Waals surface area contributed by atoms with Gasteiger partial charge in [0.05, 0.1) is 18.9 Å². The quantitative estimate of drug-likeness (QED) is 0.444. The summed E-state index contributed by atoms with van der Waals surface area (Å²) in [4.78, 5) is 51.5. The summed E-state index contributed by atoms with van der Waals surface area (Å²) in [6.07, 6.45) is -3.80. The van der Waals surface area contributed by atoms with Crippen LogP contribution in [-0.4, -0.2) is 77.9 Å². The molecule has 1 N–H and O–H groups in total. The van der Waals surface area contributed by atoms with E-state index in [2.05, 4.69) is 0 Å². The molecule has 0 aromatic heterocycles. The first-order chi connectivity index (χ1) is 18.9. The van der Waals surface area contributed by atoms with Crippen molar-refractivity contribution >= 4 is 23.8 Å². The molecule has 40 heavy (non-hydrogen) atoms. The van der Waals surface area contributed by atoms with Crippen molar-refractivity contribution in [1.82, 2.24) is 9.80 Å². The second kappa shape index (κ2) is 9.81. The Morgan fingerprint density at radius 1 is 1.02 bits per heavy atom. The Balaban J connectivity index is 0.000000411. The molecule has 4 heterocycles. The lowest BCUT2D eigenvalue weighted by molar-refractivity contribution is -0.192. The molecule has 0 aliphatic carbocycles. The van der Waals surface area contributed by atoms with Crippen LogP contribution >= 0.6 is 0 Å². The molecule has 4 aliphatic rings. The second-order valence-corrected chi connectivity index (χ2v) is 9.89. The average Bonchev–Trinajstić information content (AvgIpc) is 3.68.